The number of hydrogen-bond donors (Lipinski definition) is 2. The van der Waals surface area contributed by atoms with Crippen molar-refractivity contribution >= 4 is 0 Å². The molecule has 0 aromatic rings. The first-order valence-electron chi connectivity index (χ1n) is 13.4. The number of fused-ring (bicyclic) bond motifs is 7. The molecule has 4 saturated carbocycles. The molecule has 0 amide bonds. The van der Waals surface area contributed by atoms with E-state index in [9.17, 15) is 5.11 Å². The summed E-state index contributed by atoms with van der Waals surface area (Å²) in [5.74, 6) is 4.13. The lowest BCUT2D eigenvalue weighted by Gasteiger charge is -2.62. The molecule has 0 aromatic carbocycles. The third-order valence-corrected chi connectivity index (χ3v) is 12.1. The molecule has 31 heavy (non-hydrogen) atoms. The highest BCUT2D eigenvalue weighted by atomic mass is 16.7. The minimum Gasteiger partial charge on any atom is -0.393 e. The van der Waals surface area contributed by atoms with Crippen molar-refractivity contribution in [3.8, 4) is 0 Å². The van der Waals surface area contributed by atoms with Gasteiger partial charge in [-0.25, -0.2) is 0 Å². The molecule has 4 nitrogen and oxygen atoms in total. The van der Waals surface area contributed by atoms with Crippen molar-refractivity contribution in [2.45, 2.75) is 110 Å². The fourth-order valence-electron chi connectivity index (χ4n) is 10.3. The smallest absolute Gasteiger partial charge is 0.171 e. The number of nitrogens with two attached hydrogens (primary N) is 1. The molecule has 4 aliphatic carbocycles. The first-order valence-corrected chi connectivity index (χ1v) is 13.4. The van der Waals surface area contributed by atoms with Gasteiger partial charge >= 0.3 is 0 Å². The second kappa shape index (κ2) is 6.93. The van der Waals surface area contributed by atoms with Crippen LogP contribution in [0.3, 0.4) is 0 Å². The monoisotopic (exact) mass is 431 g/mol. The number of aliphatic hydroxyl groups is 1. The molecule has 0 bridgehead atoms. The third-order valence-electron chi connectivity index (χ3n) is 12.1. The van der Waals surface area contributed by atoms with E-state index in [1.165, 1.54) is 38.5 Å². The summed E-state index contributed by atoms with van der Waals surface area (Å²) in [5, 5.41) is 10.3. The Bertz CT molecular complexity index is 719. The average Bonchev–Trinajstić information content (AvgIpc) is 3.18. The summed E-state index contributed by atoms with van der Waals surface area (Å²) in [6, 6.07) is 0.250. The van der Waals surface area contributed by atoms with Gasteiger partial charge in [0.1, 0.15) is 0 Å². The van der Waals surface area contributed by atoms with Crippen molar-refractivity contribution < 1.29 is 14.6 Å². The normalized spacial score (nSPS) is 63.3. The summed E-state index contributed by atoms with van der Waals surface area (Å²) in [4.78, 5) is 0. The molecule has 6 rings (SSSR count). The van der Waals surface area contributed by atoms with Gasteiger partial charge < -0.3 is 20.3 Å². The number of hydrogen-bond acceptors (Lipinski definition) is 4. The molecule has 6 aliphatic rings. The molecule has 0 unspecified atom stereocenters. The summed E-state index contributed by atoms with van der Waals surface area (Å²) in [6.07, 6.45) is 10.7. The molecule has 6 fully saturated rings. The maximum atomic E-state index is 10.3. The van der Waals surface area contributed by atoms with Gasteiger partial charge in [0.05, 0.1) is 18.8 Å². The van der Waals surface area contributed by atoms with E-state index in [4.69, 9.17) is 15.2 Å². The van der Waals surface area contributed by atoms with Crippen LogP contribution in [0.1, 0.15) is 85.5 Å². The van der Waals surface area contributed by atoms with E-state index < -0.39 is 0 Å². The lowest BCUT2D eigenvalue weighted by molar-refractivity contribution is -0.273. The molecule has 0 aromatic heterocycles. The molecular weight excluding hydrogens is 386 g/mol. The standard InChI is InChI=1S/C27H45NO3/c1-15-7-10-27(30-14-15)16(2)24-22(31-27)12-21-19-6-5-17-11-18(29)8-9-25(17,3)20(19)13-23(28)26(21,24)4/h15-24,29H,5-14,28H2,1-4H3/t15-,16+,17+,18-,19-,20-,21-,22-,23+,24-,25+,26+,27-/m1/s1. The molecule has 4 heteroatoms. The van der Waals surface area contributed by atoms with Crippen LogP contribution in [0.25, 0.3) is 0 Å². The summed E-state index contributed by atoms with van der Waals surface area (Å²) >= 11 is 0. The minimum atomic E-state index is -0.352. The van der Waals surface area contributed by atoms with Crippen LogP contribution in [0.5, 0.6) is 0 Å². The van der Waals surface area contributed by atoms with Crippen LogP contribution in [0.15, 0.2) is 0 Å². The summed E-state index contributed by atoms with van der Waals surface area (Å²) in [6.45, 7) is 10.6. The van der Waals surface area contributed by atoms with Gasteiger partial charge in [-0.2, -0.15) is 0 Å². The predicted octanol–water partition coefficient (Wildman–Crippen LogP) is 4.73. The molecular formula is C27H45NO3. The quantitative estimate of drug-likeness (QED) is 0.582. The fraction of sp³-hybridized carbons (Fsp3) is 1.00. The van der Waals surface area contributed by atoms with Gasteiger partial charge in [-0.05, 0) is 91.8 Å². The lowest BCUT2D eigenvalue weighted by Crippen LogP contribution is -2.61. The highest BCUT2D eigenvalue weighted by Crippen LogP contribution is 2.71. The first kappa shape index (κ1) is 21.4. The van der Waals surface area contributed by atoms with Gasteiger partial charge in [0.15, 0.2) is 5.79 Å². The molecule has 2 heterocycles. The Kier molecular flexibility index (Phi) is 4.78. The maximum Gasteiger partial charge on any atom is 0.171 e. The molecule has 176 valence electrons. The summed E-state index contributed by atoms with van der Waals surface area (Å²) in [5.41, 5.74) is 7.72. The Morgan fingerprint density at radius 2 is 1.74 bits per heavy atom. The van der Waals surface area contributed by atoms with Gasteiger partial charge in [0.25, 0.3) is 0 Å². The zero-order valence-corrected chi connectivity index (χ0v) is 20.2. The Hall–Kier alpha value is -0.160. The predicted molar refractivity (Wildman–Crippen MR) is 121 cm³/mol. The second-order valence-electron chi connectivity index (χ2n) is 13.3. The third kappa shape index (κ3) is 2.74. The lowest BCUT2D eigenvalue weighted by atomic mass is 9.43. The van der Waals surface area contributed by atoms with Gasteiger partial charge in [-0.3, -0.25) is 0 Å². The minimum absolute atomic E-state index is 0.0772. The van der Waals surface area contributed by atoms with Crippen LogP contribution < -0.4 is 5.73 Å². The Morgan fingerprint density at radius 3 is 2.48 bits per heavy atom. The van der Waals surface area contributed by atoms with E-state index in [1.54, 1.807) is 0 Å². The molecule has 2 saturated heterocycles. The largest absolute Gasteiger partial charge is 0.393 e. The summed E-state index contributed by atoms with van der Waals surface area (Å²) in [7, 11) is 0. The van der Waals surface area contributed by atoms with Crippen LogP contribution in [-0.4, -0.2) is 35.8 Å². The zero-order chi connectivity index (χ0) is 21.8. The van der Waals surface area contributed by atoms with Crippen molar-refractivity contribution in [3.05, 3.63) is 0 Å². The van der Waals surface area contributed by atoms with E-state index in [0.29, 0.717) is 41.1 Å². The number of rotatable bonds is 0. The van der Waals surface area contributed by atoms with Crippen molar-refractivity contribution in [3.63, 3.8) is 0 Å². The van der Waals surface area contributed by atoms with E-state index in [2.05, 4.69) is 27.7 Å². The van der Waals surface area contributed by atoms with Gasteiger partial charge in [0.2, 0.25) is 0 Å². The van der Waals surface area contributed by atoms with Crippen LogP contribution in [0.2, 0.25) is 0 Å². The maximum absolute atomic E-state index is 10.3. The first-order chi connectivity index (χ1) is 14.7. The van der Waals surface area contributed by atoms with Gasteiger partial charge in [-0.15, -0.1) is 0 Å². The van der Waals surface area contributed by atoms with Gasteiger partial charge in [0, 0.05) is 24.3 Å². The average molecular weight is 432 g/mol. The SMILES string of the molecule is C[C@@H]1CC[C@@]2(OC1)O[C@@H]1C[C@@H]3[C@@H]4CC[C@H]5C[C@H](O)CC[C@]5(C)[C@@H]4C[C@H](N)[C@@]3(C)[C@@H]1[C@@H]2C. The van der Waals surface area contributed by atoms with E-state index in [0.717, 1.165) is 37.7 Å². The van der Waals surface area contributed by atoms with Crippen molar-refractivity contribution in [2.75, 3.05) is 6.61 Å². The van der Waals surface area contributed by atoms with E-state index in [-0.39, 0.29) is 23.3 Å². The van der Waals surface area contributed by atoms with Crippen LogP contribution in [0, 0.1) is 52.3 Å². The molecule has 1 spiro atoms. The molecule has 13 atom stereocenters. The molecule has 2 aliphatic heterocycles. The van der Waals surface area contributed by atoms with Gasteiger partial charge in [-0.1, -0.05) is 27.7 Å². The van der Waals surface area contributed by atoms with Crippen LogP contribution in [0.4, 0.5) is 0 Å². The Morgan fingerprint density at radius 1 is 0.935 bits per heavy atom. The molecule has 3 N–H and O–H groups in total. The number of ether oxygens (including phenoxy) is 2. The summed E-state index contributed by atoms with van der Waals surface area (Å²) < 4.78 is 13.4. The van der Waals surface area contributed by atoms with Crippen molar-refractivity contribution in [1.29, 1.82) is 0 Å². The van der Waals surface area contributed by atoms with E-state index >= 15 is 0 Å². The second-order valence-corrected chi connectivity index (χ2v) is 13.3. The fourth-order valence-corrected chi connectivity index (χ4v) is 10.3. The topological polar surface area (TPSA) is 64.7 Å². The Balaban J connectivity index is 1.29. The Labute approximate surface area is 189 Å². The van der Waals surface area contributed by atoms with Crippen molar-refractivity contribution in [2.24, 2.45) is 58.0 Å². The highest BCUT2D eigenvalue weighted by molar-refractivity contribution is 5.18. The molecule has 0 radical (unpaired) electrons. The highest BCUT2D eigenvalue weighted by Gasteiger charge is 2.71. The number of aliphatic hydroxyl groups excluding tert-OH is 1. The van der Waals surface area contributed by atoms with Crippen LogP contribution >= 0.6 is 0 Å². The van der Waals surface area contributed by atoms with Crippen LogP contribution in [-0.2, 0) is 9.47 Å². The van der Waals surface area contributed by atoms with E-state index in [1.807, 2.05) is 0 Å². The van der Waals surface area contributed by atoms with Crippen molar-refractivity contribution in [1.82, 2.24) is 0 Å². The zero-order valence-electron chi connectivity index (χ0n) is 20.2.